The van der Waals surface area contributed by atoms with Gasteiger partial charge in [-0.1, -0.05) is 12.1 Å². The van der Waals surface area contributed by atoms with Gasteiger partial charge in [-0.15, -0.1) is 0 Å². The lowest BCUT2D eigenvalue weighted by Gasteiger charge is -2.29. The number of hydrogen-bond donors (Lipinski definition) is 3. The minimum absolute atomic E-state index is 0.0709. The highest BCUT2D eigenvalue weighted by Crippen LogP contribution is 2.28. The molecule has 0 radical (unpaired) electrons. The molecule has 3 atom stereocenters. The number of nitrogens with zero attached hydrogens (tertiary/aromatic N) is 1. The van der Waals surface area contributed by atoms with E-state index < -0.39 is 6.04 Å². The molecule has 8 nitrogen and oxygen atoms in total. The van der Waals surface area contributed by atoms with Crippen molar-refractivity contribution in [2.45, 2.75) is 44.4 Å². The Morgan fingerprint density at radius 3 is 2.89 bits per heavy atom. The highest BCUT2D eigenvalue weighted by atomic mass is 16.5. The van der Waals surface area contributed by atoms with E-state index in [0.29, 0.717) is 37.5 Å². The highest BCUT2D eigenvalue weighted by molar-refractivity contribution is 6.05. The smallest absolute Gasteiger partial charge is 0.255 e. The molecule has 28 heavy (non-hydrogen) atoms. The Balaban J connectivity index is 1.35. The van der Waals surface area contributed by atoms with Gasteiger partial charge in [0.2, 0.25) is 11.8 Å². The molecule has 2 saturated heterocycles. The van der Waals surface area contributed by atoms with Gasteiger partial charge < -0.3 is 20.7 Å². The van der Waals surface area contributed by atoms with Crippen molar-refractivity contribution in [3.05, 3.63) is 34.9 Å². The van der Waals surface area contributed by atoms with Crippen LogP contribution in [0.3, 0.4) is 0 Å². The maximum absolute atomic E-state index is 12.7. The topological polar surface area (TPSA) is 114 Å². The van der Waals surface area contributed by atoms with Gasteiger partial charge in [0.25, 0.3) is 5.91 Å². The third-order valence-corrected chi connectivity index (χ3v) is 5.87. The number of amides is 3. The molecule has 1 aromatic rings. The fourth-order valence-corrected chi connectivity index (χ4v) is 4.18. The summed E-state index contributed by atoms with van der Waals surface area (Å²) in [6, 6.07) is 5.26. The standard InChI is InChI=1S/C20H26N4O4/c21-16(13-5-6-28-11-13)9-22-8-12-1-2-15-14(7-12)10-24(20(15)27)17-3-4-18(25)23-19(17)26/h1-2,7,13,16-17,22H,3-6,8-11,21H2,(H,23,25,26). The third kappa shape index (κ3) is 3.80. The van der Waals surface area contributed by atoms with Crippen molar-refractivity contribution in [1.82, 2.24) is 15.5 Å². The molecule has 150 valence electrons. The van der Waals surface area contributed by atoms with E-state index in [0.717, 1.165) is 30.8 Å². The first-order chi connectivity index (χ1) is 13.5. The predicted molar refractivity (Wildman–Crippen MR) is 101 cm³/mol. The summed E-state index contributed by atoms with van der Waals surface area (Å²) >= 11 is 0. The highest BCUT2D eigenvalue weighted by Gasteiger charge is 2.39. The zero-order valence-electron chi connectivity index (χ0n) is 15.8. The molecule has 3 heterocycles. The molecule has 0 aromatic heterocycles. The lowest BCUT2D eigenvalue weighted by molar-refractivity contribution is -0.136. The molecular formula is C20H26N4O4. The number of nitrogens with one attached hydrogen (secondary N) is 2. The third-order valence-electron chi connectivity index (χ3n) is 5.87. The van der Waals surface area contributed by atoms with Crippen LogP contribution in [-0.4, -0.2) is 54.5 Å². The van der Waals surface area contributed by atoms with E-state index in [2.05, 4.69) is 10.6 Å². The summed E-state index contributed by atoms with van der Waals surface area (Å²) < 4.78 is 5.39. The monoisotopic (exact) mass is 386 g/mol. The molecule has 3 amide bonds. The summed E-state index contributed by atoms with van der Waals surface area (Å²) in [6.45, 7) is 3.31. The van der Waals surface area contributed by atoms with Gasteiger partial charge in [-0.05, 0) is 30.0 Å². The molecule has 0 spiro atoms. The SMILES string of the molecule is NC(CNCc1ccc2c(c1)CN(C1CCC(=O)NC1=O)C2=O)C1CCOC1. The molecule has 8 heteroatoms. The van der Waals surface area contributed by atoms with Crippen molar-refractivity contribution in [3.8, 4) is 0 Å². The Morgan fingerprint density at radius 1 is 1.29 bits per heavy atom. The van der Waals surface area contributed by atoms with Gasteiger partial charge in [0.15, 0.2) is 0 Å². The van der Waals surface area contributed by atoms with E-state index in [1.165, 1.54) is 0 Å². The van der Waals surface area contributed by atoms with Crippen molar-refractivity contribution in [3.63, 3.8) is 0 Å². The lowest BCUT2D eigenvalue weighted by atomic mass is 10.00. The number of hydrogen-bond acceptors (Lipinski definition) is 6. The molecular weight excluding hydrogens is 360 g/mol. The summed E-state index contributed by atoms with van der Waals surface area (Å²) in [5, 5.41) is 5.71. The van der Waals surface area contributed by atoms with Crippen LogP contribution >= 0.6 is 0 Å². The number of imide groups is 1. The predicted octanol–water partition coefficient (Wildman–Crippen LogP) is -0.0990. The summed E-state index contributed by atoms with van der Waals surface area (Å²) in [7, 11) is 0. The number of carbonyl (C=O) groups excluding carboxylic acids is 3. The van der Waals surface area contributed by atoms with Crippen LogP contribution in [0.15, 0.2) is 18.2 Å². The molecule has 3 aliphatic rings. The fourth-order valence-electron chi connectivity index (χ4n) is 4.18. The zero-order chi connectivity index (χ0) is 19.7. The van der Waals surface area contributed by atoms with Crippen LogP contribution < -0.4 is 16.4 Å². The van der Waals surface area contributed by atoms with Gasteiger partial charge in [0.05, 0.1) is 6.61 Å². The molecule has 3 unspecified atom stereocenters. The number of nitrogens with two attached hydrogens (primary N) is 1. The van der Waals surface area contributed by atoms with E-state index in [9.17, 15) is 14.4 Å². The summed E-state index contributed by atoms with van der Waals surface area (Å²) in [5.41, 5.74) is 8.85. The van der Waals surface area contributed by atoms with Crippen LogP contribution in [0.5, 0.6) is 0 Å². The zero-order valence-corrected chi connectivity index (χ0v) is 15.8. The Bertz CT molecular complexity index is 790. The number of piperidine rings is 1. The maximum atomic E-state index is 12.7. The molecule has 1 aromatic carbocycles. The second-order valence-corrected chi connectivity index (χ2v) is 7.81. The van der Waals surface area contributed by atoms with Crippen molar-refractivity contribution >= 4 is 17.7 Å². The second-order valence-electron chi connectivity index (χ2n) is 7.81. The molecule has 4 rings (SSSR count). The average molecular weight is 386 g/mol. The number of rotatable bonds is 6. The molecule has 0 bridgehead atoms. The van der Waals surface area contributed by atoms with Crippen LogP contribution in [0, 0.1) is 5.92 Å². The van der Waals surface area contributed by atoms with E-state index >= 15 is 0 Å². The van der Waals surface area contributed by atoms with E-state index in [4.69, 9.17) is 10.5 Å². The molecule has 4 N–H and O–H groups in total. The normalized spacial score (nSPS) is 25.8. The summed E-state index contributed by atoms with van der Waals surface area (Å²) in [5.74, 6) is -0.398. The summed E-state index contributed by atoms with van der Waals surface area (Å²) in [4.78, 5) is 37.7. The first kappa shape index (κ1) is 19.0. The number of fused-ring (bicyclic) bond motifs is 1. The molecule has 0 saturated carbocycles. The molecule has 3 aliphatic heterocycles. The number of benzene rings is 1. The van der Waals surface area contributed by atoms with Gasteiger partial charge in [0, 0.05) is 50.2 Å². The largest absolute Gasteiger partial charge is 0.381 e. The van der Waals surface area contributed by atoms with Crippen LogP contribution in [0.4, 0.5) is 0 Å². The van der Waals surface area contributed by atoms with Gasteiger partial charge >= 0.3 is 0 Å². The van der Waals surface area contributed by atoms with E-state index in [1.807, 2.05) is 18.2 Å². The van der Waals surface area contributed by atoms with Gasteiger partial charge in [-0.25, -0.2) is 0 Å². The average Bonchev–Trinajstić information content (AvgIpc) is 3.31. The lowest BCUT2D eigenvalue weighted by Crippen LogP contribution is -2.52. The Morgan fingerprint density at radius 2 is 2.14 bits per heavy atom. The molecule has 2 fully saturated rings. The first-order valence-electron chi connectivity index (χ1n) is 9.83. The fraction of sp³-hybridized carbons (Fsp3) is 0.550. The number of carbonyl (C=O) groups is 3. The van der Waals surface area contributed by atoms with Crippen molar-refractivity contribution in [2.24, 2.45) is 11.7 Å². The Labute approximate surface area is 163 Å². The van der Waals surface area contributed by atoms with Crippen molar-refractivity contribution in [1.29, 1.82) is 0 Å². The second kappa shape index (κ2) is 7.98. The van der Waals surface area contributed by atoms with Crippen molar-refractivity contribution < 1.29 is 19.1 Å². The minimum atomic E-state index is -0.578. The quantitative estimate of drug-likeness (QED) is 0.589. The van der Waals surface area contributed by atoms with Crippen LogP contribution in [0.25, 0.3) is 0 Å². The minimum Gasteiger partial charge on any atom is -0.381 e. The van der Waals surface area contributed by atoms with Crippen molar-refractivity contribution in [2.75, 3.05) is 19.8 Å². The van der Waals surface area contributed by atoms with Gasteiger partial charge in [0.1, 0.15) is 6.04 Å². The van der Waals surface area contributed by atoms with E-state index in [-0.39, 0.29) is 30.2 Å². The maximum Gasteiger partial charge on any atom is 0.255 e. The van der Waals surface area contributed by atoms with Gasteiger partial charge in [-0.2, -0.15) is 0 Å². The Hall–Kier alpha value is -2.29. The summed E-state index contributed by atoms with van der Waals surface area (Å²) in [6.07, 6.45) is 1.65. The molecule has 0 aliphatic carbocycles. The first-order valence-corrected chi connectivity index (χ1v) is 9.83. The van der Waals surface area contributed by atoms with Crippen LogP contribution in [-0.2, 0) is 27.4 Å². The van der Waals surface area contributed by atoms with Crippen LogP contribution in [0.1, 0.15) is 40.7 Å². The van der Waals surface area contributed by atoms with Gasteiger partial charge in [-0.3, -0.25) is 19.7 Å². The van der Waals surface area contributed by atoms with E-state index in [1.54, 1.807) is 4.90 Å². The van der Waals surface area contributed by atoms with Crippen LogP contribution in [0.2, 0.25) is 0 Å². The Kier molecular flexibility index (Phi) is 5.43. The number of ether oxygens (including phenoxy) is 1.